The van der Waals surface area contributed by atoms with Crippen LogP contribution in [0.4, 0.5) is 0 Å². The number of hydrogen-bond donors (Lipinski definition) is 1. The van der Waals surface area contributed by atoms with Gasteiger partial charge < -0.3 is 10.1 Å². The lowest BCUT2D eigenvalue weighted by atomic mass is 10.2. The highest BCUT2D eigenvalue weighted by Crippen LogP contribution is 2.18. The first-order chi connectivity index (χ1) is 11.9. The Balaban J connectivity index is 1.87. The number of sulfone groups is 1. The minimum atomic E-state index is -3.50. The van der Waals surface area contributed by atoms with Crippen LogP contribution >= 0.6 is 0 Å². The van der Waals surface area contributed by atoms with Crippen LogP contribution in [-0.2, 0) is 21.2 Å². The number of hydrogen-bond acceptors (Lipinski definition) is 4. The quantitative estimate of drug-likeness (QED) is 0.785. The van der Waals surface area contributed by atoms with Crippen LogP contribution in [0.5, 0.6) is 5.75 Å². The first-order valence-corrected chi connectivity index (χ1v) is 9.82. The monoisotopic (exact) mass is 361 g/mol. The van der Waals surface area contributed by atoms with E-state index in [9.17, 15) is 13.2 Å². The second-order valence-corrected chi connectivity index (χ2v) is 8.08. The second kappa shape index (κ2) is 8.67. The lowest BCUT2D eigenvalue weighted by molar-refractivity contribution is -0.120. The molecule has 0 atom stereocenters. The van der Waals surface area contributed by atoms with Gasteiger partial charge in [0.2, 0.25) is 5.91 Å². The predicted molar refractivity (Wildman–Crippen MR) is 97.2 cm³/mol. The minimum absolute atomic E-state index is 0.0239. The fourth-order valence-electron chi connectivity index (χ4n) is 2.23. The van der Waals surface area contributed by atoms with Crippen molar-refractivity contribution in [2.45, 2.75) is 37.8 Å². The second-order valence-electron chi connectivity index (χ2n) is 5.97. The van der Waals surface area contributed by atoms with E-state index in [1.165, 1.54) is 12.1 Å². The molecule has 134 valence electrons. The molecule has 0 radical (unpaired) electrons. The highest BCUT2D eigenvalue weighted by molar-refractivity contribution is 7.91. The van der Waals surface area contributed by atoms with E-state index in [0.717, 1.165) is 5.56 Å². The molecule has 1 N–H and O–H groups in total. The molecule has 0 fully saturated rings. The van der Waals surface area contributed by atoms with Crippen molar-refractivity contribution in [3.8, 4) is 5.75 Å². The molecule has 6 heteroatoms. The van der Waals surface area contributed by atoms with Crippen molar-refractivity contribution in [2.75, 3.05) is 5.75 Å². The van der Waals surface area contributed by atoms with Crippen molar-refractivity contribution >= 4 is 15.7 Å². The number of nitrogens with one attached hydrogen (secondary N) is 1. The topological polar surface area (TPSA) is 72.5 Å². The molecule has 2 aromatic carbocycles. The summed E-state index contributed by atoms with van der Waals surface area (Å²) in [6.07, 6.45) is -0.0462. The third-order valence-electron chi connectivity index (χ3n) is 3.48. The molecule has 0 bridgehead atoms. The zero-order chi connectivity index (χ0) is 18.3. The largest absolute Gasteiger partial charge is 0.491 e. The van der Waals surface area contributed by atoms with E-state index >= 15 is 0 Å². The molecule has 0 aliphatic rings. The van der Waals surface area contributed by atoms with Crippen molar-refractivity contribution < 1.29 is 17.9 Å². The van der Waals surface area contributed by atoms with E-state index in [2.05, 4.69) is 5.32 Å². The molecule has 2 rings (SSSR count). The van der Waals surface area contributed by atoms with Gasteiger partial charge in [-0.25, -0.2) is 8.42 Å². The Kier molecular flexibility index (Phi) is 6.58. The molecule has 0 heterocycles. The maximum Gasteiger partial charge on any atom is 0.221 e. The average Bonchev–Trinajstić information content (AvgIpc) is 2.59. The summed E-state index contributed by atoms with van der Waals surface area (Å²) in [5.41, 5.74) is 0.972. The molecule has 0 aromatic heterocycles. The van der Waals surface area contributed by atoms with E-state index in [-0.39, 0.29) is 29.1 Å². The smallest absolute Gasteiger partial charge is 0.221 e. The number of amides is 1. The van der Waals surface area contributed by atoms with Gasteiger partial charge in [0.05, 0.1) is 16.8 Å². The lowest BCUT2D eigenvalue weighted by Crippen LogP contribution is -2.25. The van der Waals surface area contributed by atoms with Gasteiger partial charge in [-0.1, -0.05) is 30.3 Å². The highest BCUT2D eigenvalue weighted by Gasteiger charge is 2.16. The Bertz CT molecular complexity index is 784. The summed E-state index contributed by atoms with van der Waals surface area (Å²) >= 11 is 0. The summed E-state index contributed by atoms with van der Waals surface area (Å²) in [7, 11) is -3.50. The lowest BCUT2D eigenvalue weighted by Gasteiger charge is -2.10. The Morgan fingerprint density at radius 3 is 2.28 bits per heavy atom. The Morgan fingerprint density at radius 1 is 1.04 bits per heavy atom. The van der Waals surface area contributed by atoms with Gasteiger partial charge in [-0.15, -0.1) is 0 Å². The van der Waals surface area contributed by atoms with Crippen LogP contribution < -0.4 is 10.1 Å². The van der Waals surface area contributed by atoms with Crippen LogP contribution in [0.1, 0.15) is 25.8 Å². The van der Waals surface area contributed by atoms with Gasteiger partial charge in [0, 0.05) is 13.0 Å². The summed E-state index contributed by atoms with van der Waals surface area (Å²) in [5.74, 6) is 0.111. The number of rotatable bonds is 8. The van der Waals surface area contributed by atoms with E-state index in [1.807, 2.05) is 44.2 Å². The maximum absolute atomic E-state index is 12.3. The molecule has 25 heavy (non-hydrogen) atoms. The van der Waals surface area contributed by atoms with Gasteiger partial charge >= 0.3 is 0 Å². The molecular formula is C19H23NO4S. The number of carbonyl (C=O) groups excluding carboxylic acids is 1. The average molecular weight is 361 g/mol. The Hall–Kier alpha value is -2.34. The van der Waals surface area contributed by atoms with E-state index in [0.29, 0.717) is 12.3 Å². The van der Waals surface area contributed by atoms with Gasteiger partial charge in [0.25, 0.3) is 0 Å². The molecule has 0 aliphatic heterocycles. The van der Waals surface area contributed by atoms with E-state index in [4.69, 9.17) is 4.74 Å². The molecular weight excluding hydrogens is 338 g/mol. The third kappa shape index (κ3) is 6.23. The Labute approximate surface area is 148 Å². The molecule has 0 unspecified atom stereocenters. The summed E-state index contributed by atoms with van der Waals surface area (Å²) in [6.45, 7) is 4.19. The predicted octanol–water partition coefficient (Wildman–Crippen LogP) is 2.95. The van der Waals surface area contributed by atoms with Crippen LogP contribution in [0.15, 0.2) is 59.5 Å². The van der Waals surface area contributed by atoms with Crippen LogP contribution in [0.2, 0.25) is 0 Å². The van der Waals surface area contributed by atoms with Gasteiger partial charge in [0.15, 0.2) is 9.84 Å². The Morgan fingerprint density at radius 2 is 1.68 bits per heavy atom. The molecule has 0 aliphatic carbocycles. The van der Waals surface area contributed by atoms with E-state index < -0.39 is 9.84 Å². The summed E-state index contributed by atoms with van der Waals surface area (Å²) in [4.78, 5) is 12.1. The van der Waals surface area contributed by atoms with Crippen LogP contribution in [0.25, 0.3) is 0 Å². The SMILES string of the molecule is CC(C)Oc1ccc(S(=O)(=O)CCC(=O)NCc2ccccc2)cc1. The summed E-state index contributed by atoms with van der Waals surface area (Å²) in [5, 5.41) is 2.73. The van der Waals surface area contributed by atoms with Crippen molar-refractivity contribution in [1.82, 2.24) is 5.32 Å². The van der Waals surface area contributed by atoms with Gasteiger partial charge in [0.1, 0.15) is 5.75 Å². The molecule has 5 nitrogen and oxygen atoms in total. The zero-order valence-electron chi connectivity index (χ0n) is 14.4. The number of benzene rings is 2. The third-order valence-corrected chi connectivity index (χ3v) is 5.22. The first-order valence-electron chi connectivity index (χ1n) is 8.17. The maximum atomic E-state index is 12.3. The zero-order valence-corrected chi connectivity index (χ0v) is 15.3. The first kappa shape index (κ1) is 19.0. The summed E-state index contributed by atoms with van der Waals surface area (Å²) < 4.78 is 30.1. The van der Waals surface area contributed by atoms with Crippen molar-refractivity contribution in [3.05, 3.63) is 60.2 Å². The van der Waals surface area contributed by atoms with Crippen LogP contribution in [0.3, 0.4) is 0 Å². The molecule has 1 amide bonds. The number of carbonyl (C=O) groups is 1. The fraction of sp³-hybridized carbons (Fsp3) is 0.316. The molecule has 0 saturated heterocycles. The van der Waals surface area contributed by atoms with Crippen molar-refractivity contribution in [2.24, 2.45) is 0 Å². The normalized spacial score (nSPS) is 11.3. The minimum Gasteiger partial charge on any atom is -0.491 e. The van der Waals surface area contributed by atoms with E-state index in [1.54, 1.807) is 12.1 Å². The summed E-state index contributed by atoms with van der Waals surface area (Å²) in [6, 6.07) is 15.7. The molecule has 2 aromatic rings. The van der Waals surface area contributed by atoms with Gasteiger partial charge in [-0.2, -0.15) is 0 Å². The van der Waals surface area contributed by atoms with Crippen molar-refractivity contribution in [3.63, 3.8) is 0 Å². The standard InChI is InChI=1S/C19H23NO4S/c1-15(2)24-17-8-10-18(11-9-17)25(22,23)13-12-19(21)20-14-16-6-4-3-5-7-16/h3-11,15H,12-14H2,1-2H3,(H,20,21). The van der Waals surface area contributed by atoms with Crippen molar-refractivity contribution in [1.29, 1.82) is 0 Å². The van der Waals surface area contributed by atoms with Gasteiger partial charge in [-0.05, 0) is 43.7 Å². The fourth-order valence-corrected chi connectivity index (χ4v) is 3.47. The number of ether oxygens (including phenoxy) is 1. The molecule has 0 saturated carbocycles. The van der Waals surface area contributed by atoms with Crippen LogP contribution in [-0.4, -0.2) is 26.2 Å². The van der Waals surface area contributed by atoms with Gasteiger partial charge in [-0.3, -0.25) is 4.79 Å². The van der Waals surface area contributed by atoms with Crippen LogP contribution in [0, 0.1) is 0 Å². The highest BCUT2D eigenvalue weighted by atomic mass is 32.2. The molecule has 0 spiro atoms.